The first-order valence-electron chi connectivity index (χ1n) is 8.31. The van der Waals surface area contributed by atoms with E-state index in [1.54, 1.807) is 13.2 Å². The number of nitrogens with one attached hydrogen (secondary N) is 1. The second kappa shape index (κ2) is 8.70. The minimum atomic E-state index is -0.188. The molecule has 0 spiro atoms. The van der Waals surface area contributed by atoms with Crippen molar-refractivity contribution in [3.05, 3.63) is 76.8 Å². The molecule has 26 heavy (non-hydrogen) atoms. The van der Waals surface area contributed by atoms with Crippen LogP contribution in [-0.4, -0.2) is 19.6 Å². The number of halogens is 1. The van der Waals surface area contributed by atoms with Crippen molar-refractivity contribution >= 4 is 28.3 Å². The third-order valence-electron chi connectivity index (χ3n) is 4.13. The van der Waals surface area contributed by atoms with Gasteiger partial charge in [-0.15, -0.1) is 0 Å². The molecule has 134 valence electrons. The summed E-state index contributed by atoms with van der Waals surface area (Å²) in [4.78, 5) is 12.1. The quantitative estimate of drug-likeness (QED) is 0.674. The van der Waals surface area contributed by atoms with Gasteiger partial charge in [0.1, 0.15) is 12.4 Å². The molecule has 0 heterocycles. The second-order valence-electron chi connectivity index (χ2n) is 5.83. The molecular weight excluding hydrogens is 350 g/mol. The minimum Gasteiger partial charge on any atom is -0.496 e. The Morgan fingerprint density at radius 3 is 2.62 bits per heavy atom. The fraction of sp³-hybridized carbons (Fsp3) is 0.190. The summed E-state index contributed by atoms with van der Waals surface area (Å²) < 4.78 is 10.9. The number of fused-ring (bicyclic) bond motifs is 1. The Balaban J connectivity index is 1.59. The molecule has 3 aromatic carbocycles. The van der Waals surface area contributed by atoms with E-state index in [0.29, 0.717) is 18.2 Å². The van der Waals surface area contributed by atoms with E-state index in [0.717, 1.165) is 27.6 Å². The molecule has 0 saturated heterocycles. The zero-order valence-corrected chi connectivity index (χ0v) is 15.3. The van der Waals surface area contributed by atoms with E-state index in [2.05, 4.69) is 5.32 Å². The number of benzene rings is 3. The number of amides is 1. The predicted octanol–water partition coefficient (Wildman–Crippen LogP) is 4.33. The monoisotopic (exact) mass is 369 g/mol. The number of hydrogen-bond acceptors (Lipinski definition) is 3. The van der Waals surface area contributed by atoms with E-state index in [-0.39, 0.29) is 12.5 Å². The highest BCUT2D eigenvalue weighted by Crippen LogP contribution is 2.27. The number of ether oxygens (including phenoxy) is 2. The smallest absolute Gasteiger partial charge is 0.246 e. The summed E-state index contributed by atoms with van der Waals surface area (Å²) in [5.41, 5.74) is 1.81. The number of methoxy groups -OCH3 is 1. The van der Waals surface area contributed by atoms with Gasteiger partial charge in [0.2, 0.25) is 5.91 Å². The van der Waals surface area contributed by atoms with Crippen molar-refractivity contribution in [2.24, 2.45) is 0 Å². The van der Waals surface area contributed by atoms with Crippen LogP contribution in [0, 0.1) is 0 Å². The van der Waals surface area contributed by atoms with Gasteiger partial charge in [-0.25, -0.2) is 0 Å². The highest BCUT2D eigenvalue weighted by molar-refractivity contribution is 6.31. The molecule has 0 aliphatic rings. The van der Waals surface area contributed by atoms with Gasteiger partial charge >= 0.3 is 0 Å². The van der Waals surface area contributed by atoms with Crippen molar-refractivity contribution in [2.45, 2.75) is 13.2 Å². The van der Waals surface area contributed by atoms with Gasteiger partial charge in [0.15, 0.2) is 0 Å². The van der Waals surface area contributed by atoms with Crippen LogP contribution in [0.1, 0.15) is 11.1 Å². The first kappa shape index (κ1) is 18.2. The maximum absolute atomic E-state index is 12.1. The topological polar surface area (TPSA) is 47.6 Å². The van der Waals surface area contributed by atoms with Gasteiger partial charge in [0, 0.05) is 17.1 Å². The van der Waals surface area contributed by atoms with Crippen molar-refractivity contribution in [2.75, 3.05) is 13.7 Å². The van der Waals surface area contributed by atoms with E-state index < -0.39 is 0 Å². The third-order valence-corrected chi connectivity index (χ3v) is 4.50. The molecule has 4 nitrogen and oxygen atoms in total. The maximum Gasteiger partial charge on any atom is 0.246 e. The summed E-state index contributed by atoms with van der Waals surface area (Å²) in [5, 5.41) is 5.69. The number of hydrogen-bond donors (Lipinski definition) is 1. The molecule has 0 fully saturated rings. The van der Waals surface area contributed by atoms with Gasteiger partial charge in [0.05, 0.1) is 13.7 Å². The summed E-state index contributed by atoms with van der Waals surface area (Å²) in [5.74, 6) is 0.563. The van der Waals surface area contributed by atoms with E-state index >= 15 is 0 Å². The van der Waals surface area contributed by atoms with Crippen LogP contribution in [0.3, 0.4) is 0 Å². The van der Waals surface area contributed by atoms with Crippen LogP contribution in [0.25, 0.3) is 10.8 Å². The van der Waals surface area contributed by atoms with Crippen LogP contribution in [0.5, 0.6) is 5.75 Å². The molecule has 0 unspecified atom stereocenters. The molecule has 0 saturated carbocycles. The second-order valence-corrected chi connectivity index (χ2v) is 6.24. The fourth-order valence-corrected chi connectivity index (χ4v) is 2.99. The lowest BCUT2D eigenvalue weighted by atomic mass is 10.0. The lowest BCUT2D eigenvalue weighted by Crippen LogP contribution is -2.27. The molecule has 0 aliphatic heterocycles. The summed E-state index contributed by atoms with van der Waals surface area (Å²) in [6.07, 6.45) is 0. The molecule has 5 heteroatoms. The molecule has 0 aromatic heterocycles. The van der Waals surface area contributed by atoms with Crippen LogP contribution in [0.2, 0.25) is 5.02 Å². The first-order chi connectivity index (χ1) is 12.7. The molecule has 0 aliphatic carbocycles. The van der Waals surface area contributed by atoms with Gasteiger partial charge in [-0.2, -0.15) is 0 Å². The van der Waals surface area contributed by atoms with E-state index in [1.807, 2.05) is 54.6 Å². The number of carbonyl (C=O) groups excluding carboxylic acids is 1. The highest BCUT2D eigenvalue weighted by atomic mass is 35.5. The van der Waals surface area contributed by atoms with Crippen LogP contribution in [0.4, 0.5) is 0 Å². The lowest BCUT2D eigenvalue weighted by Gasteiger charge is -2.13. The Morgan fingerprint density at radius 1 is 1.04 bits per heavy atom. The number of rotatable bonds is 7. The van der Waals surface area contributed by atoms with Crippen LogP contribution in [-0.2, 0) is 22.7 Å². The summed E-state index contributed by atoms with van der Waals surface area (Å²) in [7, 11) is 1.63. The van der Waals surface area contributed by atoms with Gasteiger partial charge in [-0.05, 0) is 28.5 Å². The van der Waals surface area contributed by atoms with E-state index in [1.165, 1.54) is 0 Å². The maximum atomic E-state index is 12.1. The van der Waals surface area contributed by atoms with Crippen LogP contribution >= 0.6 is 11.6 Å². The Bertz CT molecular complexity index is 911. The van der Waals surface area contributed by atoms with Gasteiger partial charge in [-0.3, -0.25) is 4.79 Å². The molecule has 0 atom stereocenters. The molecule has 3 aromatic rings. The largest absolute Gasteiger partial charge is 0.496 e. The summed E-state index contributed by atoms with van der Waals surface area (Å²) in [6.45, 7) is 0.641. The zero-order valence-electron chi connectivity index (χ0n) is 14.5. The van der Waals surface area contributed by atoms with Gasteiger partial charge in [-0.1, -0.05) is 60.1 Å². The van der Waals surface area contributed by atoms with E-state index in [4.69, 9.17) is 21.1 Å². The molecular formula is C21H20ClNO3. The Labute approximate surface area is 157 Å². The molecule has 1 N–H and O–H groups in total. The summed E-state index contributed by atoms with van der Waals surface area (Å²) in [6, 6.07) is 19.4. The van der Waals surface area contributed by atoms with E-state index in [9.17, 15) is 4.79 Å². The van der Waals surface area contributed by atoms with Crippen molar-refractivity contribution in [1.82, 2.24) is 5.32 Å². The standard InChI is InChI=1S/C21H20ClNO3/c1-25-20-11-10-15-6-2-4-8-17(15)18(20)12-23-21(24)14-26-13-16-7-3-5-9-19(16)22/h2-11H,12-14H2,1H3,(H,23,24). The Morgan fingerprint density at radius 2 is 1.81 bits per heavy atom. The molecule has 0 bridgehead atoms. The molecule has 1 amide bonds. The van der Waals surface area contributed by atoms with Crippen molar-refractivity contribution < 1.29 is 14.3 Å². The van der Waals surface area contributed by atoms with Crippen molar-refractivity contribution in [3.63, 3.8) is 0 Å². The Hall–Kier alpha value is -2.56. The third kappa shape index (κ3) is 4.34. The van der Waals surface area contributed by atoms with Crippen LogP contribution < -0.4 is 10.1 Å². The SMILES string of the molecule is COc1ccc2ccccc2c1CNC(=O)COCc1ccccc1Cl. The average Bonchev–Trinajstić information content (AvgIpc) is 2.67. The normalized spacial score (nSPS) is 10.7. The predicted molar refractivity (Wildman–Crippen MR) is 103 cm³/mol. The molecule has 0 radical (unpaired) electrons. The Kier molecular flexibility index (Phi) is 6.10. The van der Waals surface area contributed by atoms with Crippen molar-refractivity contribution in [1.29, 1.82) is 0 Å². The molecule has 3 rings (SSSR count). The number of carbonyl (C=O) groups is 1. The van der Waals surface area contributed by atoms with Gasteiger partial charge in [0.25, 0.3) is 0 Å². The minimum absolute atomic E-state index is 0.0295. The van der Waals surface area contributed by atoms with Gasteiger partial charge < -0.3 is 14.8 Å². The lowest BCUT2D eigenvalue weighted by molar-refractivity contribution is -0.126. The first-order valence-corrected chi connectivity index (χ1v) is 8.69. The fourth-order valence-electron chi connectivity index (χ4n) is 2.80. The average molecular weight is 370 g/mol. The van der Waals surface area contributed by atoms with Crippen LogP contribution in [0.15, 0.2) is 60.7 Å². The zero-order chi connectivity index (χ0) is 18.4. The highest BCUT2D eigenvalue weighted by Gasteiger charge is 2.10. The van der Waals surface area contributed by atoms with Crippen molar-refractivity contribution in [3.8, 4) is 5.75 Å². The summed E-state index contributed by atoms with van der Waals surface area (Å²) >= 11 is 6.08.